The predicted molar refractivity (Wildman–Crippen MR) is 30.1 cm³/mol. The van der Waals surface area contributed by atoms with Crippen molar-refractivity contribution < 1.29 is 22.8 Å². The molecule has 0 unspecified atom stereocenters. The Kier molecular flexibility index (Phi) is 5.11. The summed E-state index contributed by atoms with van der Waals surface area (Å²) < 4.78 is 32.1. The van der Waals surface area contributed by atoms with Gasteiger partial charge in [0.15, 0.2) is 0 Å². The van der Waals surface area contributed by atoms with Crippen molar-refractivity contribution in [3.8, 4) is 0 Å². The number of nitrogens with two attached hydrogens (primary N) is 2. The Morgan fingerprint density at radius 2 is 1.27 bits per heavy atom. The molecule has 0 heterocycles. The SMILES string of the molecule is CC(N)=O.NC(=O)C(F)(F)F. The summed E-state index contributed by atoms with van der Waals surface area (Å²) in [4.78, 5) is 18.3. The van der Waals surface area contributed by atoms with Crippen molar-refractivity contribution >= 4 is 11.8 Å². The molecule has 0 saturated carbocycles. The lowest BCUT2D eigenvalue weighted by Gasteiger charge is -1.95. The van der Waals surface area contributed by atoms with Crippen molar-refractivity contribution in [2.45, 2.75) is 13.1 Å². The van der Waals surface area contributed by atoms with Crippen molar-refractivity contribution in [1.29, 1.82) is 0 Å². The topological polar surface area (TPSA) is 86.2 Å². The molecular formula is C4H7F3N2O2. The molecule has 0 bridgehead atoms. The lowest BCUT2D eigenvalue weighted by Crippen LogP contribution is -2.30. The van der Waals surface area contributed by atoms with Crippen LogP contribution in [0.2, 0.25) is 0 Å². The van der Waals surface area contributed by atoms with Crippen LogP contribution in [0.3, 0.4) is 0 Å². The fourth-order valence-electron chi connectivity index (χ4n) is 0. The first-order valence-corrected chi connectivity index (χ1v) is 2.30. The predicted octanol–water partition coefficient (Wildman–Crippen LogP) is -0.474. The summed E-state index contributed by atoms with van der Waals surface area (Å²) >= 11 is 0. The number of alkyl halides is 3. The van der Waals surface area contributed by atoms with E-state index in [1.54, 1.807) is 0 Å². The summed E-state index contributed by atoms with van der Waals surface area (Å²) in [5.41, 5.74) is 8.28. The lowest BCUT2D eigenvalue weighted by atomic mass is 10.6. The van der Waals surface area contributed by atoms with E-state index >= 15 is 0 Å². The van der Waals surface area contributed by atoms with Crippen molar-refractivity contribution in [1.82, 2.24) is 0 Å². The van der Waals surface area contributed by atoms with Gasteiger partial charge in [0.05, 0.1) is 0 Å². The van der Waals surface area contributed by atoms with Gasteiger partial charge in [-0.15, -0.1) is 0 Å². The highest BCUT2D eigenvalue weighted by atomic mass is 19.4. The first-order valence-electron chi connectivity index (χ1n) is 2.30. The van der Waals surface area contributed by atoms with E-state index in [2.05, 4.69) is 11.5 Å². The van der Waals surface area contributed by atoms with E-state index < -0.39 is 12.1 Å². The van der Waals surface area contributed by atoms with Gasteiger partial charge in [0.2, 0.25) is 5.91 Å². The molecule has 7 heteroatoms. The Hall–Kier alpha value is -1.27. The summed E-state index contributed by atoms with van der Waals surface area (Å²) in [6, 6.07) is 0. The molecule has 11 heavy (non-hydrogen) atoms. The summed E-state index contributed by atoms with van der Waals surface area (Å²) in [5, 5.41) is 0. The molecule has 0 fully saturated rings. The molecule has 0 aliphatic carbocycles. The molecular weight excluding hydrogens is 165 g/mol. The first kappa shape index (κ1) is 12.4. The molecule has 0 aromatic heterocycles. The molecule has 66 valence electrons. The zero-order valence-electron chi connectivity index (χ0n) is 5.61. The zero-order valence-corrected chi connectivity index (χ0v) is 5.61. The molecule has 0 aliphatic rings. The van der Waals surface area contributed by atoms with Gasteiger partial charge in [-0.1, -0.05) is 0 Å². The van der Waals surface area contributed by atoms with Gasteiger partial charge in [-0.3, -0.25) is 9.59 Å². The van der Waals surface area contributed by atoms with Gasteiger partial charge >= 0.3 is 12.1 Å². The van der Waals surface area contributed by atoms with Crippen LogP contribution in [-0.4, -0.2) is 18.0 Å². The molecule has 0 saturated heterocycles. The van der Waals surface area contributed by atoms with Crippen molar-refractivity contribution in [3.05, 3.63) is 0 Å². The summed E-state index contributed by atoms with van der Waals surface area (Å²) in [7, 11) is 0. The third-order valence-corrected chi connectivity index (χ3v) is 0.279. The van der Waals surface area contributed by atoms with Gasteiger partial charge < -0.3 is 11.5 Å². The van der Waals surface area contributed by atoms with Gasteiger partial charge in [0.25, 0.3) is 0 Å². The minimum Gasteiger partial charge on any atom is -0.370 e. The minimum atomic E-state index is -4.86. The maximum absolute atomic E-state index is 10.7. The van der Waals surface area contributed by atoms with Crippen LogP contribution >= 0.6 is 0 Å². The van der Waals surface area contributed by atoms with Crippen LogP contribution in [0.25, 0.3) is 0 Å². The number of carbonyl (C=O) groups is 2. The number of halogens is 3. The summed E-state index contributed by atoms with van der Waals surface area (Å²) in [6.07, 6.45) is -4.86. The average Bonchev–Trinajstić information content (AvgIpc) is 1.59. The van der Waals surface area contributed by atoms with Crippen LogP contribution in [0.4, 0.5) is 13.2 Å². The average molecular weight is 172 g/mol. The van der Waals surface area contributed by atoms with E-state index in [9.17, 15) is 18.0 Å². The van der Waals surface area contributed by atoms with Crippen LogP contribution in [0.5, 0.6) is 0 Å². The van der Waals surface area contributed by atoms with Gasteiger partial charge in [0.1, 0.15) is 0 Å². The van der Waals surface area contributed by atoms with Crippen LogP contribution in [0, 0.1) is 0 Å². The Morgan fingerprint density at radius 3 is 1.27 bits per heavy atom. The van der Waals surface area contributed by atoms with Gasteiger partial charge in [0, 0.05) is 6.92 Å². The molecule has 4 nitrogen and oxygen atoms in total. The normalized spacial score (nSPS) is 9.45. The number of rotatable bonds is 0. The van der Waals surface area contributed by atoms with E-state index in [1.807, 2.05) is 0 Å². The Morgan fingerprint density at radius 1 is 1.18 bits per heavy atom. The molecule has 0 aromatic rings. The zero-order chi connectivity index (χ0) is 9.65. The van der Waals surface area contributed by atoms with Gasteiger partial charge in [-0.2, -0.15) is 13.2 Å². The molecule has 0 aliphatic heterocycles. The van der Waals surface area contributed by atoms with Crippen molar-refractivity contribution in [2.24, 2.45) is 11.5 Å². The molecule has 0 aromatic carbocycles. The molecule has 4 N–H and O–H groups in total. The number of hydrogen-bond donors (Lipinski definition) is 2. The Bertz CT molecular complexity index is 150. The van der Waals surface area contributed by atoms with Crippen LogP contribution in [-0.2, 0) is 9.59 Å². The first-order chi connectivity index (χ1) is 4.68. The van der Waals surface area contributed by atoms with Gasteiger partial charge in [-0.05, 0) is 0 Å². The number of amides is 2. The quantitative estimate of drug-likeness (QED) is 0.517. The second-order valence-electron chi connectivity index (χ2n) is 1.47. The van der Waals surface area contributed by atoms with Crippen molar-refractivity contribution in [2.75, 3.05) is 0 Å². The molecule has 0 atom stereocenters. The molecule has 2 amide bonds. The largest absolute Gasteiger partial charge is 0.470 e. The van der Waals surface area contributed by atoms with Crippen molar-refractivity contribution in [3.63, 3.8) is 0 Å². The second-order valence-corrected chi connectivity index (χ2v) is 1.47. The lowest BCUT2D eigenvalue weighted by molar-refractivity contribution is -0.169. The van der Waals surface area contributed by atoms with Crippen LogP contribution in [0.1, 0.15) is 6.92 Å². The highest BCUT2D eigenvalue weighted by Gasteiger charge is 2.35. The van der Waals surface area contributed by atoms with Gasteiger partial charge in [-0.25, -0.2) is 0 Å². The third-order valence-electron chi connectivity index (χ3n) is 0.279. The minimum absolute atomic E-state index is 0.333. The molecule has 0 rings (SSSR count). The van der Waals surface area contributed by atoms with E-state index in [1.165, 1.54) is 6.92 Å². The van der Waals surface area contributed by atoms with Crippen LogP contribution < -0.4 is 11.5 Å². The van der Waals surface area contributed by atoms with E-state index in [0.29, 0.717) is 0 Å². The fraction of sp³-hybridized carbons (Fsp3) is 0.500. The number of carbonyl (C=O) groups excluding carboxylic acids is 2. The highest BCUT2D eigenvalue weighted by molar-refractivity contribution is 5.79. The second kappa shape index (κ2) is 4.53. The smallest absolute Gasteiger partial charge is 0.370 e. The number of hydrogen-bond acceptors (Lipinski definition) is 2. The summed E-state index contributed by atoms with van der Waals surface area (Å²) in [5.74, 6) is -2.59. The standard InChI is InChI=1S/C2H2F3NO.C2H5NO/c3-2(4,5)1(6)7;1-2(3)4/h(H2,6,7);1H3,(H2,3,4). The Balaban J connectivity index is 0. The highest BCUT2D eigenvalue weighted by Crippen LogP contribution is 2.11. The fourth-order valence-corrected chi connectivity index (χ4v) is 0. The van der Waals surface area contributed by atoms with E-state index in [-0.39, 0.29) is 5.91 Å². The van der Waals surface area contributed by atoms with E-state index in [0.717, 1.165) is 0 Å². The van der Waals surface area contributed by atoms with E-state index in [4.69, 9.17) is 4.79 Å². The number of primary amides is 2. The monoisotopic (exact) mass is 172 g/mol. The molecule has 0 radical (unpaired) electrons. The third kappa shape index (κ3) is 17.7. The molecule has 0 spiro atoms. The Labute approximate surface area is 60.3 Å². The summed E-state index contributed by atoms with van der Waals surface area (Å²) in [6.45, 7) is 1.31. The maximum Gasteiger partial charge on any atom is 0.470 e. The van der Waals surface area contributed by atoms with Crippen LogP contribution in [0.15, 0.2) is 0 Å². The maximum atomic E-state index is 10.7.